The van der Waals surface area contributed by atoms with Crippen LogP contribution >= 0.6 is 0 Å². The van der Waals surface area contributed by atoms with Gasteiger partial charge in [-0.15, -0.1) is 0 Å². The second-order valence-corrected chi connectivity index (χ2v) is 3.09. The van der Waals surface area contributed by atoms with Crippen LogP contribution in [0.15, 0.2) is 12.2 Å². The molecule has 3 atom stereocenters. The van der Waals surface area contributed by atoms with Crippen LogP contribution in [0.1, 0.15) is 6.42 Å². The number of carboxylic acids is 2. The van der Waals surface area contributed by atoms with E-state index >= 15 is 0 Å². The summed E-state index contributed by atoms with van der Waals surface area (Å²) in [5.41, 5.74) is 5.48. The average molecular weight is 185 g/mol. The number of rotatable bonds is 2. The maximum atomic E-state index is 10.7. The average Bonchev–Trinajstić information content (AvgIpc) is 2.03. The minimum absolute atomic E-state index is 0.183. The van der Waals surface area contributed by atoms with Crippen LogP contribution in [-0.4, -0.2) is 28.2 Å². The van der Waals surface area contributed by atoms with Gasteiger partial charge >= 0.3 is 11.9 Å². The van der Waals surface area contributed by atoms with Crippen molar-refractivity contribution in [1.29, 1.82) is 0 Å². The van der Waals surface area contributed by atoms with Crippen LogP contribution in [0.4, 0.5) is 0 Å². The third-order valence-corrected chi connectivity index (χ3v) is 2.13. The van der Waals surface area contributed by atoms with Crippen LogP contribution in [0.5, 0.6) is 0 Å². The predicted octanol–water partition coefficient (Wildman–Crippen LogP) is -0.325. The van der Waals surface area contributed by atoms with E-state index in [0.29, 0.717) is 0 Å². The number of hydrogen-bond acceptors (Lipinski definition) is 3. The van der Waals surface area contributed by atoms with Gasteiger partial charge in [-0.05, 0) is 6.42 Å². The Morgan fingerprint density at radius 1 is 1.23 bits per heavy atom. The van der Waals surface area contributed by atoms with E-state index in [0.717, 1.165) is 0 Å². The summed E-state index contributed by atoms with van der Waals surface area (Å²) in [7, 11) is 0. The zero-order valence-electron chi connectivity index (χ0n) is 6.88. The zero-order valence-corrected chi connectivity index (χ0v) is 6.88. The molecule has 5 heteroatoms. The molecular weight excluding hydrogens is 174 g/mol. The number of nitrogens with two attached hydrogens (primary N) is 1. The molecule has 0 aliphatic heterocycles. The Morgan fingerprint density at radius 3 is 2.31 bits per heavy atom. The first kappa shape index (κ1) is 9.73. The molecule has 0 amide bonds. The molecule has 0 spiro atoms. The van der Waals surface area contributed by atoms with E-state index in [9.17, 15) is 9.59 Å². The van der Waals surface area contributed by atoms with Crippen molar-refractivity contribution in [3.63, 3.8) is 0 Å². The molecule has 72 valence electrons. The van der Waals surface area contributed by atoms with Crippen molar-refractivity contribution in [2.45, 2.75) is 12.5 Å². The molecule has 1 rings (SSSR count). The zero-order chi connectivity index (χ0) is 10.0. The molecule has 0 aromatic heterocycles. The first-order valence-corrected chi connectivity index (χ1v) is 3.92. The summed E-state index contributed by atoms with van der Waals surface area (Å²) in [5, 5.41) is 17.4. The Bertz CT molecular complexity index is 261. The molecule has 0 heterocycles. The Balaban J connectivity index is 2.85. The molecule has 0 aromatic carbocycles. The van der Waals surface area contributed by atoms with Crippen molar-refractivity contribution >= 4 is 11.9 Å². The lowest BCUT2D eigenvalue weighted by Gasteiger charge is -2.23. The minimum atomic E-state index is -1.12. The summed E-state index contributed by atoms with van der Waals surface area (Å²) in [5.74, 6) is -4.07. The SMILES string of the molecule is NC1C=CC(C(=O)O)C(C(=O)O)C1. The van der Waals surface area contributed by atoms with Gasteiger partial charge in [0.05, 0.1) is 11.8 Å². The summed E-state index contributed by atoms with van der Waals surface area (Å²) in [4.78, 5) is 21.3. The summed E-state index contributed by atoms with van der Waals surface area (Å²) in [6, 6.07) is -0.350. The first-order valence-electron chi connectivity index (χ1n) is 3.92. The Labute approximate surface area is 74.8 Å². The van der Waals surface area contributed by atoms with E-state index < -0.39 is 23.8 Å². The number of hydrogen-bond donors (Lipinski definition) is 3. The third kappa shape index (κ3) is 2.06. The molecule has 5 nitrogen and oxygen atoms in total. The smallest absolute Gasteiger partial charge is 0.311 e. The van der Waals surface area contributed by atoms with Crippen LogP contribution in [0, 0.1) is 11.8 Å². The molecule has 1 aliphatic rings. The molecule has 0 aromatic rings. The lowest BCUT2D eigenvalue weighted by atomic mass is 9.82. The summed E-state index contributed by atoms with van der Waals surface area (Å²) in [6.45, 7) is 0. The fraction of sp³-hybridized carbons (Fsp3) is 0.500. The highest BCUT2D eigenvalue weighted by molar-refractivity contribution is 5.82. The van der Waals surface area contributed by atoms with E-state index in [-0.39, 0.29) is 12.5 Å². The predicted molar refractivity (Wildman–Crippen MR) is 44.0 cm³/mol. The van der Waals surface area contributed by atoms with Gasteiger partial charge in [0, 0.05) is 6.04 Å². The largest absolute Gasteiger partial charge is 0.481 e. The van der Waals surface area contributed by atoms with Crippen molar-refractivity contribution in [3.05, 3.63) is 12.2 Å². The molecule has 4 N–H and O–H groups in total. The summed E-state index contributed by atoms with van der Waals surface area (Å²) >= 11 is 0. The van der Waals surface area contributed by atoms with Gasteiger partial charge in [-0.2, -0.15) is 0 Å². The van der Waals surface area contributed by atoms with Gasteiger partial charge in [0.2, 0.25) is 0 Å². The fourth-order valence-corrected chi connectivity index (χ4v) is 1.42. The number of carboxylic acid groups (broad SMARTS) is 2. The molecule has 0 fully saturated rings. The van der Waals surface area contributed by atoms with E-state index in [2.05, 4.69) is 0 Å². The number of aliphatic carboxylic acids is 2. The van der Waals surface area contributed by atoms with Crippen molar-refractivity contribution < 1.29 is 19.8 Å². The fourth-order valence-electron chi connectivity index (χ4n) is 1.42. The van der Waals surface area contributed by atoms with E-state index in [1.807, 2.05) is 0 Å². The van der Waals surface area contributed by atoms with E-state index in [4.69, 9.17) is 15.9 Å². The van der Waals surface area contributed by atoms with Gasteiger partial charge in [-0.1, -0.05) is 12.2 Å². The molecular formula is C8H11NO4. The van der Waals surface area contributed by atoms with Crippen molar-refractivity contribution in [1.82, 2.24) is 0 Å². The molecule has 1 aliphatic carbocycles. The van der Waals surface area contributed by atoms with Crippen LogP contribution in [0.3, 0.4) is 0 Å². The van der Waals surface area contributed by atoms with Crippen molar-refractivity contribution in [2.24, 2.45) is 17.6 Å². The Kier molecular flexibility index (Phi) is 2.67. The quantitative estimate of drug-likeness (QED) is 0.511. The second-order valence-electron chi connectivity index (χ2n) is 3.09. The van der Waals surface area contributed by atoms with Gasteiger partial charge in [0.15, 0.2) is 0 Å². The molecule has 0 saturated heterocycles. The van der Waals surface area contributed by atoms with E-state index in [1.54, 1.807) is 0 Å². The summed E-state index contributed by atoms with van der Waals surface area (Å²) in [6.07, 6.45) is 3.08. The molecule has 0 radical (unpaired) electrons. The maximum absolute atomic E-state index is 10.7. The van der Waals surface area contributed by atoms with Gasteiger partial charge in [-0.3, -0.25) is 9.59 Å². The van der Waals surface area contributed by atoms with Gasteiger partial charge in [0.25, 0.3) is 0 Å². The lowest BCUT2D eigenvalue weighted by Crippen LogP contribution is -2.37. The van der Waals surface area contributed by atoms with Crippen molar-refractivity contribution in [3.8, 4) is 0 Å². The lowest BCUT2D eigenvalue weighted by molar-refractivity contribution is -0.152. The Hall–Kier alpha value is -1.36. The monoisotopic (exact) mass is 185 g/mol. The molecule has 0 bridgehead atoms. The molecule has 3 unspecified atom stereocenters. The summed E-state index contributed by atoms with van der Waals surface area (Å²) < 4.78 is 0. The third-order valence-electron chi connectivity index (χ3n) is 2.13. The van der Waals surface area contributed by atoms with Gasteiger partial charge in [0.1, 0.15) is 0 Å². The standard InChI is InChI=1S/C8H11NO4/c9-4-1-2-5(7(10)11)6(3-4)8(12)13/h1-2,4-6H,3,9H2,(H,10,11)(H,12,13). The highest BCUT2D eigenvalue weighted by Gasteiger charge is 2.35. The molecule has 13 heavy (non-hydrogen) atoms. The molecule has 0 saturated carbocycles. The van der Waals surface area contributed by atoms with E-state index in [1.165, 1.54) is 12.2 Å². The highest BCUT2D eigenvalue weighted by atomic mass is 16.4. The van der Waals surface area contributed by atoms with Crippen LogP contribution in [0.2, 0.25) is 0 Å². The highest BCUT2D eigenvalue weighted by Crippen LogP contribution is 2.24. The Morgan fingerprint density at radius 2 is 1.85 bits per heavy atom. The van der Waals surface area contributed by atoms with Crippen molar-refractivity contribution in [2.75, 3.05) is 0 Å². The normalized spacial score (nSPS) is 32.8. The van der Waals surface area contributed by atoms with Crippen LogP contribution in [-0.2, 0) is 9.59 Å². The van der Waals surface area contributed by atoms with Crippen LogP contribution < -0.4 is 5.73 Å². The topological polar surface area (TPSA) is 101 Å². The van der Waals surface area contributed by atoms with Crippen LogP contribution in [0.25, 0.3) is 0 Å². The van der Waals surface area contributed by atoms with Gasteiger partial charge in [-0.25, -0.2) is 0 Å². The number of carbonyl (C=O) groups is 2. The first-order chi connectivity index (χ1) is 6.02. The van der Waals surface area contributed by atoms with Gasteiger partial charge < -0.3 is 15.9 Å². The maximum Gasteiger partial charge on any atom is 0.311 e. The minimum Gasteiger partial charge on any atom is -0.481 e. The second kappa shape index (κ2) is 3.57.